The van der Waals surface area contributed by atoms with Gasteiger partial charge < -0.3 is 10.4 Å². The fourth-order valence-corrected chi connectivity index (χ4v) is 3.18. The van der Waals surface area contributed by atoms with E-state index in [4.69, 9.17) is 5.11 Å². The number of nitrogens with one attached hydrogen (secondary N) is 1. The molecule has 1 heterocycles. The standard InChI is InChI=1S/C9H9F2NO5S2/c1-4(8(14)15)12-7(13)6-5(2-3-18-6)19(16,17)9(10)11/h2-4,9H,1H3,(H,12,13)(H,14,15)/t4-/m1/s1. The highest BCUT2D eigenvalue weighted by molar-refractivity contribution is 7.92. The van der Waals surface area contributed by atoms with Gasteiger partial charge in [0.2, 0.25) is 9.84 Å². The number of carboxylic acid groups (broad SMARTS) is 1. The highest BCUT2D eigenvalue weighted by Gasteiger charge is 2.32. The fourth-order valence-electron chi connectivity index (χ4n) is 1.11. The maximum Gasteiger partial charge on any atom is 0.341 e. The zero-order chi connectivity index (χ0) is 14.8. The van der Waals surface area contributed by atoms with Crippen molar-refractivity contribution in [2.24, 2.45) is 0 Å². The van der Waals surface area contributed by atoms with Gasteiger partial charge in [0.25, 0.3) is 5.91 Å². The van der Waals surface area contributed by atoms with Gasteiger partial charge in [-0.15, -0.1) is 11.3 Å². The van der Waals surface area contributed by atoms with E-state index < -0.39 is 43.3 Å². The lowest BCUT2D eigenvalue weighted by molar-refractivity contribution is -0.138. The van der Waals surface area contributed by atoms with Crippen molar-refractivity contribution >= 4 is 33.1 Å². The summed E-state index contributed by atoms with van der Waals surface area (Å²) in [6, 6.07) is -0.385. The molecule has 1 aromatic heterocycles. The molecule has 1 atom stereocenters. The van der Waals surface area contributed by atoms with E-state index in [1.165, 1.54) is 0 Å². The van der Waals surface area contributed by atoms with Crippen LogP contribution in [0.4, 0.5) is 8.78 Å². The predicted octanol–water partition coefficient (Wildman–Crippen LogP) is 0.947. The highest BCUT2D eigenvalue weighted by Crippen LogP contribution is 2.26. The predicted molar refractivity (Wildman–Crippen MR) is 62.1 cm³/mol. The highest BCUT2D eigenvalue weighted by atomic mass is 32.2. The number of carbonyl (C=O) groups excluding carboxylic acids is 1. The zero-order valence-corrected chi connectivity index (χ0v) is 11.1. The molecule has 0 saturated heterocycles. The number of carbonyl (C=O) groups is 2. The van der Waals surface area contributed by atoms with E-state index in [-0.39, 0.29) is 0 Å². The van der Waals surface area contributed by atoms with E-state index >= 15 is 0 Å². The molecule has 0 spiro atoms. The molecular formula is C9H9F2NO5S2. The van der Waals surface area contributed by atoms with Crippen molar-refractivity contribution in [1.29, 1.82) is 0 Å². The third-order valence-corrected chi connectivity index (χ3v) is 4.56. The topological polar surface area (TPSA) is 101 Å². The molecule has 0 aromatic carbocycles. The Bertz CT molecular complexity index is 596. The second kappa shape index (κ2) is 5.61. The summed E-state index contributed by atoms with van der Waals surface area (Å²) >= 11 is 0.638. The van der Waals surface area contributed by atoms with Crippen molar-refractivity contribution in [3.63, 3.8) is 0 Å². The van der Waals surface area contributed by atoms with Crippen LogP contribution in [-0.2, 0) is 14.6 Å². The van der Waals surface area contributed by atoms with Gasteiger partial charge in [0.15, 0.2) is 0 Å². The Balaban J connectivity index is 3.08. The van der Waals surface area contributed by atoms with Gasteiger partial charge in [-0.25, -0.2) is 8.42 Å². The fraction of sp³-hybridized carbons (Fsp3) is 0.333. The summed E-state index contributed by atoms with van der Waals surface area (Å²) in [6.07, 6.45) is 0. The number of halogens is 2. The second-order valence-corrected chi connectivity index (χ2v) is 6.26. The Hall–Kier alpha value is -1.55. The van der Waals surface area contributed by atoms with Gasteiger partial charge in [0.1, 0.15) is 10.9 Å². The van der Waals surface area contributed by atoms with Gasteiger partial charge in [-0.2, -0.15) is 8.78 Å². The molecule has 0 aliphatic carbocycles. The Labute approximate surface area is 111 Å². The smallest absolute Gasteiger partial charge is 0.341 e. The molecule has 10 heteroatoms. The quantitative estimate of drug-likeness (QED) is 0.843. The molecule has 106 valence electrons. The van der Waals surface area contributed by atoms with Crippen molar-refractivity contribution in [1.82, 2.24) is 5.32 Å². The zero-order valence-electron chi connectivity index (χ0n) is 9.46. The third kappa shape index (κ3) is 3.26. The summed E-state index contributed by atoms with van der Waals surface area (Å²) in [5.74, 6) is -6.00. The summed E-state index contributed by atoms with van der Waals surface area (Å²) in [5.41, 5.74) is 0. The molecule has 1 amide bonds. The van der Waals surface area contributed by atoms with Crippen LogP contribution in [0.2, 0.25) is 0 Å². The van der Waals surface area contributed by atoms with Crippen molar-refractivity contribution in [2.75, 3.05) is 0 Å². The molecule has 0 fully saturated rings. The minimum absolute atomic E-state index is 0.464. The lowest BCUT2D eigenvalue weighted by Crippen LogP contribution is -2.38. The van der Waals surface area contributed by atoms with Crippen LogP contribution in [-0.4, -0.2) is 37.2 Å². The van der Waals surface area contributed by atoms with E-state index in [9.17, 15) is 26.8 Å². The van der Waals surface area contributed by atoms with Gasteiger partial charge in [-0.3, -0.25) is 9.59 Å². The van der Waals surface area contributed by atoms with Crippen LogP contribution in [0.5, 0.6) is 0 Å². The van der Waals surface area contributed by atoms with E-state index in [0.717, 1.165) is 18.4 Å². The average molecular weight is 313 g/mol. The first kappa shape index (κ1) is 15.5. The van der Waals surface area contributed by atoms with Crippen molar-refractivity contribution < 1.29 is 31.9 Å². The SMILES string of the molecule is C[C@@H](NC(=O)c1sccc1S(=O)(=O)C(F)F)C(=O)O. The number of sulfone groups is 1. The molecule has 19 heavy (non-hydrogen) atoms. The third-order valence-electron chi connectivity index (χ3n) is 2.09. The van der Waals surface area contributed by atoms with Crippen molar-refractivity contribution in [3.8, 4) is 0 Å². The second-order valence-electron chi connectivity index (χ2n) is 3.45. The lowest BCUT2D eigenvalue weighted by atomic mass is 10.3. The number of amides is 1. The van der Waals surface area contributed by atoms with Gasteiger partial charge in [0.05, 0.1) is 4.90 Å². The van der Waals surface area contributed by atoms with Gasteiger partial charge in [0, 0.05) is 0 Å². The molecular weight excluding hydrogens is 304 g/mol. The lowest BCUT2D eigenvalue weighted by Gasteiger charge is -2.09. The number of aliphatic carboxylic acids is 1. The van der Waals surface area contributed by atoms with Crippen LogP contribution in [0.25, 0.3) is 0 Å². The first-order chi connectivity index (χ1) is 8.67. The molecule has 0 aliphatic rings. The molecule has 0 radical (unpaired) electrons. The minimum Gasteiger partial charge on any atom is -0.480 e. The van der Waals surface area contributed by atoms with Gasteiger partial charge in [-0.05, 0) is 18.4 Å². The van der Waals surface area contributed by atoms with Crippen LogP contribution in [0.15, 0.2) is 16.3 Å². The molecule has 6 nitrogen and oxygen atoms in total. The van der Waals surface area contributed by atoms with E-state index in [2.05, 4.69) is 0 Å². The first-order valence-electron chi connectivity index (χ1n) is 4.81. The van der Waals surface area contributed by atoms with Crippen LogP contribution in [0.3, 0.4) is 0 Å². The maximum atomic E-state index is 12.4. The molecule has 0 aliphatic heterocycles. The van der Waals surface area contributed by atoms with Crippen LogP contribution in [0.1, 0.15) is 16.6 Å². The van der Waals surface area contributed by atoms with Gasteiger partial charge >= 0.3 is 11.7 Å². The van der Waals surface area contributed by atoms with Crippen LogP contribution in [0, 0.1) is 0 Å². The number of alkyl halides is 2. The normalized spacial score (nSPS) is 13.3. The van der Waals surface area contributed by atoms with Crippen molar-refractivity contribution in [2.45, 2.75) is 23.6 Å². The van der Waals surface area contributed by atoms with Crippen molar-refractivity contribution in [3.05, 3.63) is 16.3 Å². The molecule has 2 N–H and O–H groups in total. The molecule has 0 saturated carbocycles. The summed E-state index contributed by atoms with van der Waals surface area (Å²) in [7, 11) is -4.90. The minimum atomic E-state index is -4.90. The number of carboxylic acids is 1. The van der Waals surface area contributed by atoms with Crippen LogP contribution >= 0.6 is 11.3 Å². The summed E-state index contributed by atoms with van der Waals surface area (Å²) in [5, 5.41) is 11.8. The van der Waals surface area contributed by atoms with E-state index in [1.807, 2.05) is 5.32 Å². The summed E-state index contributed by atoms with van der Waals surface area (Å²) < 4.78 is 47.4. The number of thiophene rings is 1. The number of hydrogen-bond donors (Lipinski definition) is 2. The van der Waals surface area contributed by atoms with Gasteiger partial charge in [-0.1, -0.05) is 0 Å². The molecule has 1 aromatic rings. The van der Waals surface area contributed by atoms with Crippen LogP contribution < -0.4 is 5.32 Å². The summed E-state index contributed by atoms with van der Waals surface area (Å²) in [4.78, 5) is 20.9. The Morgan fingerprint density at radius 2 is 2.00 bits per heavy atom. The van der Waals surface area contributed by atoms with E-state index in [1.54, 1.807) is 0 Å². The Morgan fingerprint density at radius 3 is 2.47 bits per heavy atom. The molecule has 0 unspecified atom stereocenters. The Morgan fingerprint density at radius 1 is 1.42 bits per heavy atom. The Kier molecular flexibility index (Phi) is 4.58. The maximum absolute atomic E-state index is 12.4. The largest absolute Gasteiger partial charge is 0.480 e. The summed E-state index contributed by atoms with van der Waals surface area (Å²) in [6.45, 7) is 1.16. The number of rotatable bonds is 5. The molecule has 0 bridgehead atoms. The first-order valence-corrected chi connectivity index (χ1v) is 7.23. The molecule has 1 rings (SSSR count). The van der Waals surface area contributed by atoms with E-state index in [0.29, 0.717) is 11.3 Å². The monoisotopic (exact) mass is 313 g/mol. The average Bonchev–Trinajstić information content (AvgIpc) is 2.77. The number of hydrogen-bond acceptors (Lipinski definition) is 5.